The fraction of sp³-hybridized carbons (Fsp3) is 0. The van der Waals surface area contributed by atoms with Gasteiger partial charge in [-0.3, -0.25) is 14.2 Å². The monoisotopic (exact) mass is 262 g/mol. The molecule has 0 atom stereocenters. The van der Waals surface area contributed by atoms with Crippen LogP contribution in [-0.2, 0) is 0 Å². The Kier molecular flexibility index (Phi) is 2.11. The SMILES string of the molecule is O=C(O)n1ccc(=O)c2c3sc(=O)[nH]c3ccc21. The summed E-state index contributed by atoms with van der Waals surface area (Å²) < 4.78 is 1.44. The summed E-state index contributed by atoms with van der Waals surface area (Å²) in [5.41, 5.74) is 0.513. The van der Waals surface area contributed by atoms with E-state index in [1.54, 1.807) is 6.07 Å². The fourth-order valence-corrected chi connectivity index (χ4v) is 2.80. The molecule has 0 aliphatic carbocycles. The van der Waals surface area contributed by atoms with E-state index in [2.05, 4.69) is 4.98 Å². The number of aromatic amines is 1. The van der Waals surface area contributed by atoms with E-state index in [0.717, 1.165) is 15.9 Å². The zero-order chi connectivity index (χ0) is 12.9. The summed E-state index contributed by atoms with van der Waals surface area (Å²) in [6.07, 6.45) is 0.0242. The molecule has 90 valence electrons. The zero-order valence-corrected chi connectivity index (χ0v) is 9.65. The molecule has 2 N–H and O–H groups in total. The summed E-state index contributed by atoms with van der Waals surface area (Å²) in [5.74, 6) is 0. The molecule has 0 aliphatic rings. The fourth-order valence-electron chi connectivity index (χ4n) is 1.92. The van der Waals surface area contributed by atoms with Crippen LogP contribution in [0.15, 0.2) is 34.0 Å². The van der Waals surface area contributed by atoms with Crippen molar-refractivity contribution in [3.63, 3.8) is 0 Å². The Bertz CT molecular complexity index is 903. The van der Waals surface area contributed by atoms with Crippen LogP contribution in [0.25, 0.3) is 21.1 Å². The summed E-state index contributed by atoms with van der Waals surface area (Å²) in [6, 6.07) is 4.28. The van der Waals surface area contributed by atoms with Crippen LogP contribution >= 0.6 is 11.3 Å². The van der Waals surface area contributed by atoms with Crippen LogP contribution in [0.4, 0.5) is 4.79 Å². The minimum Gasteiger partial charge on any atom is -0.464 e. The minimum absolute atomic E-state index is 0.251. The number of pyridine rings is 1. The molecule has 0 radical (unpaired) electrons. The highest BCUT2D eigenvalue weighted by Crippen LogP contribution is 2.23. The molecule has 0 saturated carbocycles. The Balaban J connectivity index is 2.66. The molecule has 1 aromatic carbocycles. The second kappa shape index (κ2) is 3.54. The standard InChI is InChI=1S/C11H6N2O4S/c14-7-3-4-13(11(16)17)6-2-1-5-9(8(6)7)18-10(15)12-5/h1-4H,(H,12,15)(H,16,17). The Morgan fingerprint density at radius 1 is 1.28 bits per heavy atom. The van der Waals surface area contributed by atoms with Crippen molar-refractivity contribution in [2.24, 2.45) is 0 Å². The number of hydrogen-bond donors (Lipinski definition) is 2. The van der Waals surface area contributed by atoms with Gasteiger partial charge < -0.3 is 10.1 Å². The van der Waals surface area contributed by atoms with E-state index in [4.69, 9.17) is 5.11 Å². The molecule has 6 nitrogen and oxygen atoms in total. The highest BCUT2D eigenvalue weighted by Gasteiger charge is 2.12. The number of carboxylic acid groups (broad SMARTS) is 1. The molecule has 2 heterocycles. The summed E-state index contributed by atoms with van der Waals surface area (Å²) >= 11 is 0.899. The molecular formula is C11H6N2O4S. The van der Waals surface area contributed by atoms with Gasteiger partial charge in [0, 0.05) is 12.3 Å². The lowest BCUT2D eigenvalue weighted by Gasteiger charge is -2.05. The maximum absolute atomic E-state index is 11.9. The lowest BCUT2D eigenvalue weighted by atomic mass is 10.2. The predicted molar refractivity (Wildman–Crippen MR) is 67.6 cm³/mol. The number of carbonyl (C=O) groups is 1. The first-order valence-electron chi connectivity index (χ1n) is 4.98. The van der Waals surface area contributed by atoms with Crippen LogP contribution in [0.1, 0.15) is 0 Å². The summed E-state index contributed by atoms with van der Waals surface area (Å²) in [4.78, 5) is 36.5. The topological polar surface area (TPSA) is 92.2 Å². The number of nitrogens with one attached hydrogen (secondary N) is 1. The van der Waals surface area contributed by atoms with Crippen LogP contribution < -0.4 is 10.3 Å². The van der Waals surface area contributed by atoms with Crippen molar-refractivity contribution in [1.82, 2.24) is 9.55 Å². The number of fused-ring (bicyclic) bond motifs is 3. The molecule has 18 heavy (non-hydrogen) atoms. The van der Waals surface area contributed by atoms with Crippen molar-refractivity contribution in [2.75, 3.05) is 0 Å². The number of nitrogens with zero attached hydrogens (tertiary/aromatic N) is 1. The number of thiazole rings is 1. The lowest BCUT2D eigenvalue weighted by Crippen LogP contribution is -2.13. The molecule has 2 aromatic heterocycles. The van der Waals surface area contributed by atoms with Gasteiger partial charge in [-0.05, 0) is 12.1 Å². The van der Waals surface area contributed by atoms with Crippen molar-refractivity contribution in [3.05, 3.63) is 44.3 Å². The molecular weight excluding hydrogens is 256 g/mol. The normalized spacial score (nSPS) is 11.1. The largest absolute Gasteiger partial charge is 0.464 e. The minimum atomic E-state index is -1.18. The maximum atomic E-state index is 11.9. The average Bonchev–Trinajstić information content (AvgIpc) is 2.68. The number of hydrogen-bond acceptors (Lipinski definition) is 4. The van der Waals surface area contributed by atoms with Crippen molar-refractivity contribution in [1.29, 1.82) is 0 Å². The van der Waals surface area contributed by atoms with Crippen molar-refractivity contribution < 1.29 is 9.90 Å². The molecule has 0 fully saturated rings. The number of benzene rings is 1. The van der Waals surface area contributed by atoms with Crippen LogP contribution in [0, 0.1) is 0 Å². The Morgan fingerprint density at radius 3 is 2.78 bits per heavy atom. The van der Waals surface area contributed by atoms with E-state index < -0.39 is 6.09 Å². The summed E-state index contributed by atoms with van der Waals surface area (Å²) in [5, 5.41) is 9.30. The molecule has 0 bridgehead atoms. The maximum Gasteiger partial charge on any atom is 0.416 e. The lowest BCUT2D eigenvalue weighted by molar-refractivity contribution is 0.197. The number of H-pyrrole nitrogens is 1. The molecule has 0 spiro atoms. The third kappa shape index (κ3) is 1.37. The van der Waals surface area contributed by atoms with Gasteiger partial charge in [-0.15, -0.1) is 0 Å². The van der Waals surface area contributed by atoms with Crippen molar-refractivity contribution in [2.45, 2.75) is 0 Å². The Labute approximate surface area is 103 Å². The van der Waals surface area contributed by atoms with E-state index >= 15 is 0 Å². The summed E-state index contributed by atoms with van der Waals surface area (Å²) in [7, 11) is 0. The van der Waals surface area contributed by atoms with Gasteiger partial charge in [0.1, 0.15) is 0 Å². The van der Waals surface area contributed by atoms with E-state index in [9.17, 15) is 14.4 Å². The van der Waals surface area contributed by atoms with Crippen LogP contribution in [0.2, 0.25) is 0 Å². The molecule has 0 saturated heterocycles. The third-order valence-corrected chi connectivity index (χ3v) is 3.57. The molecule has 3 rings (SSSR count). The molecule has 0 aliphatic heterocycles. The van der Waals surface area contributed by atoms with Crippen LogP contribution in [0.3, 0.4) is 0 Å². The molecule has 3 aromatic rings. The van der Waals surface area contributed by atoms with E-state index in [1.165, 1.54) is 18.3 Å². The highest BCUT2D eigenvalue weighted by atomic mass is 32.1. The number of rotatable bonds is 0. The van der Waals surface area contributed by atoms with Crippen molar-refractivity contribution in [3.8, 4) is 0 Å². The van der Waals surface area contributed by atoms with Gasteiger partial charge in [0.25, 0.3) is 0 Å². The molecule has 0 amide bonds. The van der Waals surface area contributed by atoms with Gasteiger partial charge in [-0.1, -0.05) is 11.3 Å². The molecule has 7 heteroatoms. The quantitative estimate of drug-likeness (QED) is 0.641. The average molecular weight is 262 g/mol. The highest BCUT2D eigenvalue weighted by molar-refractivity contribution is 7.17. The first kappa shape index (κ1) is 10.7. The second-order valence-corrected chi connectivity index (χ2v) is 4.67. The van der Waals surface area contributed by atoms with Crippen molar-refractivity contribution >= 4 is 38.5 Å². The van der Waals surface area contributed by atoms with Gasteiger partial charge in [0.2, 0.25) is 0 Å². The Hall–Kier alpha value is -2.41. The van der Waals surface area contributed by atoms with E-state index in [-0.39, 0.29) is 21.2 Å². The second-order valence-electron chi connectivity index (χ2n) is 3.68. The van der Waals surface area contributed by atoms with Gasteiger partial charge >= 0.3 is 11.0 Å². The smallest absolute Gasteiger partial charge is 0.416 e. The van der Waals surface area contributed by atoms with Crippen LogP contribution in [0.5, 0.6) is 0 Å². The van der Waals surface area contributed by atoms with Gasteiger partial charge in [0.15, 0.2) is 5.43 Å². The van der Waals surface area contributed by atoms with Gasteiger partial charge in [0.05, 0.1) is 21.1 Å². The summed E-state index contributed by atoms with van der Waals surface area (Å²) in [6.45, 7) is 0. The van der Waals surface area contributed by atoms with Gasteiger partial charge in [-0.2, -0.15) is 0 Å². The molecule has 0 unspecified atom stereocenters. The first-order valence-corrected chi connectivity index (χ1v) is 5.80. The van der Waals surface area contributed by atoms with Gasteiger partial charge in [-0.25, -0.2) is 4.79 Å². The Morgan fingerprint density at radius 2 is 2.06 bits per heavy atom. The van der Waals surface area contributed by atoms with Crippen LogP contribution in [-0.4, -0.2) is 20.8 Å². The third-order valence-electron chi connectivity index (χ3n) is 2.65. The predicted octanol–water partition coefficient (Wildman–Crippen LogP) is 1.43. The zero-order valence-electron chi connectivity index (χ0n) is 8.84. The first-order chi connectivity index (χ1) is 8.58. The van der Waals surface area contributed by atoms with E-state index in [0.29, 0.717) is 10.2 Å². The van der Waals surface area contributed by atoms with E-state index in [1.807, 2.05) is 0 Å². The number of aromatic nitrogens is 2.